The Bertz CT molecular complexity index is 1070. The number of hydrogen-bond donors (Lipinski definition) is 1. The van der Waals surface area contributed by atoms with Crippen molar-refractivity contribution in [2.75, 3.05) is 26.1 Å². The zero-order valence-electron chi connectivity index (χ0n) is 17.8. The Morgan fingerprint density at radius 2 is 1.90 bits per heavy atom. The van der Waals surface area contributed by atoms with Gasteiger partial charge in [0.25, 0.3) is 0 Å². The Kier molecular flexibility index (Phi) is 7.91. The van der Waals surface area contributed by atoms with Gasteiger partial charge in [-0.2, -0.15) is 5.26 Å². The van der Waals surface area contributed by atoms with Gasteiger partial charge in [0.2, 0.25) is 0 Å². The summed E-state index contributed by atoms with van der Waals surface area (Å²) >= 11 is 1.42. The first-order valence-corrected chi connectivity index (χ1v) is 10.8. The monoisotopic (exact) mass is 435 g/mol. The topological polar surface area (TPSA) is 76.4 Å². The van der Waals surface area contributed by atoms with Crippen LogP contribution in [0.2, 0.25) is 0 Å². The second kappa shape index (κ2) is 11.0. The molecule has 0 spiro atoms. The van der Waals surface area contributed by atoms with E-state index in [9.17, 15) is 5.26 Å². The maximum absolute atomic E-state index is 9.60. The molecule has 0 unspecified atom stereocenters. The van der Waals surface area contributed by atoms with Gasteiger partial charge >= 0.3 is 0 Å². The summed E-state index contributed by atoms with van der Waals surface area (Å²) in [6.07, 6.45) is 3.81. The lowest BCUT2D eigenvalue weighted by atomic mass is 10.1. The average molecular weight is 436 g/mol. The van der Waals surface area contributed by atoms with Crippen LogP contribution in [0.5, 0.6) is 17.2 Å². The summed E-state index contributed by atoms with van der Waals surface area (Å²) in [4.78, 5) is 4.62. The molecular formula is C24H25N3O3S. The number of rotatable bonds is 10. The Hall–Kier alpha value is -3.50. The third kappa shape index (κ3) is 5.77. The molecule has 7 heteroatoms. The number of hydrogen-bond acceptors (Lipinski definition) is 7. The standard InChI is InChI=1S/C24H25N3O3S/c1-4-5-12-30-20-9-7-19(8-10-20)26-15-18(14-25)24-27-21(16-31-24)17-6-11-22(28-2)23(13-17)29-3/h6-11,13,15-16,26H,4-5,12H2,1-3H3/b18-15-. The van der Waals surface area contributed by atoms with E-state index in [1.54, 1.807) is 20.4 Å². The van der Waals surface area contributed by atoms with Gasteiger partial charge in [-0.25, -0.2) is 4.98 Å². The van der Waals surface area contributed by atoms with Crippen LogP contribution in [0.25, 0.3) is 16.8 Å². The summed E-state index contributed by atoms with van der Waals surface area (Å²) in [5.41, 5.74) is 2.99. The highest BCUT2D eigenvalue weighted by molar-refractivity contribution is 7.11. The van der Waals surface area contributed by atoms with Crippen molar-refractivity contribution in [3.63, 3.8) is 0 Å². The lowest BCUT2D eigenvalue weighted by Gasteiger charge is -2.08. The van der Waals surface area contributed by atoms with Gasteiger partial charge in [0.05, 0.1) is 26.5 Å². The number of unbranched alkanes of at least 4 members (excludes halogenated alkanes) is 1. The third-order valence-corrected chi connectivity index (χ3v) is 5.41. The Morgan fingerprint density at radius 3 is 2.58 bits per heavy atom. The lowest BCUT2D eigenvalue weighted by Crippen LogP contribution is -1.96. The van der Waals surface area contributed by atoms with E-state index in [1.807, 2.05) is 47.8 Å². The number of nitrogens with one attached hydrogen (secondary N) is 1. The molecule has 0 aliphatic heterocycles. The van der Waals surface area contributed by atoms with E-state index in [4.69, 9.17) is 14.2 Å². The molecule has 6 nitrogen and oxygen atoms in total. The minimum atomic E-state index is 0.458. The molecule has 0 aliphatic rings. The normalized spacial score (nSPS) is 11.0. The van der Waals surface area contributed by atoms with Gasteiger partial charge in [-0.05, 0) is 48.9 Å². The first kappa shape index (κ1) is 22.2. The van der Waals surface area contributed by atoms with E-state index in [-0.39, 0.29) is 0 Å². The first-order valence-electron chi connectivity index (χ1n) is 9.96. The van der Waals surface area contributed by atoms with Crippen molar-refractivity contribution in [1.82, 2.24) is 4.98 Å². The number of nitriles is 1. The van der Waals surface area contributed by atoms with E-state index in [1.165, 1.54) is 11.3 Å². The molecule has 0 amide bonds. The van der Waals surface area contributed by atoms with Crippen LogP contribution in [-0.2, 0) is 0 Å². The zero-order valence-corrected chi connectivity index (χ0v) is 18.7. The maximum Gasteiger partial charge on any atom is 0.161 e. The van der Waals surface area contributed by atoms with Gasteiger partial charge in [0, 0.05) is 22.8 Å². The van der Waals surface area contributed by atoms with Crippen molar-refractivity contribution in [3.05, 3.63) is 59.1 Å². The Balaban J connectivity index is 1.71. The van der Waals surface area contributed by atoms with Gasteiger partial charge in [-0.3, -0.25) is 0 Å². The van der Waals surface area contributed by atoms with Gasteiger partial charge in [0.15, 0.2) is 11.5 Å². The molecule has 3 rings (SSSR count). The predicted octanol–water partition coefficient (Wildman–Crippen LogP) is 5.98. The van der Waals surface area contributed by atoms with Crippen molar-refractivity contribution in [2.24, 2.45) is 0 Å². The number of nitrogens with zero attached hydrogens (tertiary/aromatic N) is 2. The van der Waals surface area contributed by atoms with E-state index in [0.717, 1.165) is 35.5 Å². The summed E-state index contributed by atoms with van der Waals surface area (Å²) in [6, 6.07) is 15.5. The smallest absolute Gasteiger partial charge is 0.161 e. The first-order chi connectivity index (χ1) is 15.2. The van der Waals surface area contributed by atoms with Crippen LogP contribution in [0.3, 0.4) is 0 Å². The van der Waals surface area contributed by atoms with Gasteiger partial charge in [-0.1, -0.05) is 13.3 Å². The van der Waals surface area contributed by atoms with Crippen LogP contribution >= 0.6 is 11.3 Å². The van der Waals surface area contributed by atoms with Crippen LogP contribution in [0.15, 0.2) is 54.0 Å². The SMILES string of the molecule is CCCCOc1ccc(N/C=C(/C#N)c2nc(-c3ccc(OC)c(OC)c3)cs2)cc1. The van der Waals surface area contributed by atoms with Crippen molar-refractivity contribution in [2.45, 2.75) is 19.8 Å². The summed E-state index contributed by atoms with van der Waals surface area (Å²) in [5.74, 6) is 2.13. The summed E-state index contributed by atoms with van der Waals surface area (Å²) in [6.45, 7) is 2.85. The molecule has 2 aromatic carbocycles. The van der Waals surface area contributed by atoms with Crippen LogP contribution in [0.4, 0.5) is 5.69 Å². The number of methoxy groups -OCH3 is 2. The Labute approximate surface area is 186 Å². The Morgan fingerprint density at radius 1 is 1.13 bits per heavy atom. The van der Waals surface area contributed by atoms with E-state index in [2.05, 4.69) is 23.3 Å². The molecular weight excluding hydrogens is 410 g/mol. The fourth-order valence-electron chi connectivity index (χ4n) is 2.80. The zero-order chi connectivity index (χ0) is 22.1. The predicted molar refractivity (Wildman–Crippen MR) is 125 cm³/mol. The fourth-order valence-corrected chi connectivity index (χ4v) is 3.60. The van der Waals surface area contributed by atoms with Crippen LogP contribution < -0.4 is 19.5 Å². The van der Waals surface area contributed by atoms with Crippen molar-refractivity contribution in [3.8, 4) is 34.6 Å². The number of benzene rings is 2. The largest absolute Gasteiger partial charge is 0.494 e. The third-order valence-electron chi connectivity index (χ3n) is 4.54. The van der Waals surface area contributed by atoms with Crippen LogP contribution in [0, 0.1) is 11.3 Å². The summed E-state index contributed by atoms with van der Waals surface area (Å²) in [7, 11) is 3.20. The molecule has 1 N–H and O–H groups in total. The minimum absolute atomic E-state index is 0.458. The molecule has 0 atom stereocenters. The quantitative estimate of drug-likeness (QED) is 0.312. The van der Waals surface area contributed by atoms with Crippen molar-refractivity contribution in [1.29, 1.82) is 5.26 Å². The summed E-state index contributed by atoms with van der Waals surface area (Å²) in [5, 5.41) is 15.3. The molecule has 0 saturated carbocycles. The van der Waals surface area contributed by atoms with E-state index >= 15 is 0 Å². The maximum atomic E-state index is 9.60. The van der Waals surface area contributed by atoms with Crippen LogP contribution in [0.1, 0.15) is 24.8 Å². The van der Waals surface area contributed by atoms with Crippen molar-refractivity contribution < 1.29 is 14.2 Å². The van der Waals surface area contributed by atoms with Crippen molar-refractivity contribution >= 4 is 22.6 Å². The van der Waals surface area contributed by atoms with Gasteiger partial charge in [0.1, 0.15) is 22.4 Å². The molecule has 1 aromatic heterocycles. The van der Waals surface area contributed by atoms with Gasteiger partial charge in [-0.15, -0.1) is 11.3 Å². The molecule has 0 aliphatic carbocycles. The highest BCUT2D eigenvalue weighted by atomic mass is 32.1. The fraction of sp³-hybridized carbons (Fsp3) is 0.250. The van der Waals surface area contributed by atoms with Crippen LogP contribution in [-0.4, -0.2) is 25.8 Å². The molecule has 0 radical (unpaired) electrons. The summed E-state index contributed by atoms with van der Waals surface area (Å²) < 4.78 is 16.3. The number of ether oxygens (including phenoxy) is 3. The average Bonchev–Trinajstić information content (AvgIpc) is 3.30. The van der Waals surface area contributed by atoms with Gasteiger partial charge < -0.3 is 19.5 Å². The number of thiazole rings is 1. The molecule has 31 heavy (non-hydrogen) atoms. The molecule has 3 aromatic rings. The second-order valence-electron chi connectivity index (χ2n) is 6.65. The highest BCUT2D eigenvalue weighted by Crippen LogP contribution is 2.33. The molecule has 0 saturated heterocycles. The number of aromatic nitrogens is 1. The molecule has 0 fully saturated rings. The molecule has 0 bridgehead atoms. The molecule has 160 valence electrons. The number of allylic oxidation sites excluding steroid dienone is 1. The minimum Gasteiger partial charge on any atom is -0.494 e. The lowest BCUT2D eigenvalue weighted by molar-refractivity contribution is 0.309. The molecule has 1 heterocycles. The number of anilines is 1. The van der Waals surface area contributed by atoms with E-state index in [0.29, 0.717) is 28.7 Å². The van der Waals surface area contributed by atoms with E-state index < -0.39 is 0 Å². The second-order valence-corrected chi connectivity index (χ2v) is 7.51. The highest BCUT2D eigenvalue weighted by Gasteiger charge is 2.12.